The van der Waals surface area contributed by atoms with Crippen LogP contribution in [0.4, 0.5) is 0 Å². The van der Waals surface area contributed by atoms with E-state index in [9.17, 15) is 19.5 Å². The maximum atomic E-state index is 12.8. The molecule has 0 saturated heterocycles. The second-order valence-corrected chi connectivity index (χ2v) is 18.0. The molecule has 0 aromatic rings. The van der Waals surface area contributed by atoms with Crippen molar-refractivity contribution in [3.05, 3.63) is 122 Å². The van der Waals surface area contributed by atoms with Crippen molar-refractivity contribution in [1.82, 2.24) is 0 Å². The van der Waals surface area contributed by atoms with Gasteiger partial charge in [-0.1, -0.05) is 187 Å². The highest BCUT2D eigenvalue weighted by atomic mass is 16.6. The van der Waals surface area contributed by atoms with Crippen molar-refractivity contribution in [3.63, 3.8) is 0 Å². The van der Waals surface area contributed by atoms with Crippen molar-refractivity contribution >= 4 is 17.9 Å². The quantitative estimate of drug-likeness (QED) is 0.0259. The minimum Gasteiger partial charge on any atom is -0.544 e. The van der Waals surface area contributed by atoms with Crippen LogP contribution < -0.4 is 5.11 Å². The molecule has 0 saturated carbocycles. The lowest BCUT2D eigenvalue weighted by atomic mass is 10.0. The normalized spacial score (nSPS) is 13.9. The Morgan fingerprint density at radius 1 is 0.448 bits per heavy atom. The van der Waals surface area contributed by atoms with Gasteiger partial charge in [0.05, 0.1) is 40.3 Å². The monoisotopic (exact) mass is 930 g/mol. The zero-order chi connectivity index (χ0) is 49.2. The summed E-state index contributed by atoms with van der Waals surface area (Å²) in [6.45, 7) is 4.36. The van der Waals surface area contributed by atoms with Crippen LogP contribution in [0.5, 0.6) is 0 Å². The summed E-state index contributed by atoms with van der Waals surface area (Å²) in [6.07, 6.45) is 68.1. The van der Waals surface area contributed by atoms with Gasteiger partial charge >= 0.3 is 11.9 Å². The van der Waals surface area contributed by atoms with Gasteiger partial charge in [0.1, 0.15) is 12.6 Å². The second-order valence-electron chi connectivity index (χ2n) is 18.0. The van der Waals surface area contributed by atoms with Crippen LogP contribution in [-0.4, -0.2) is 75.5 Å². The summed E-state index contributed by atoms with van der Waals surface area (Å²) in [5.74, 6) is -1.83. The van der Waals surface area contributed by atoms with E-state index in [4.69, 9.17) is 14.2 Å². The largest absolute Gasteiger partial charge is 0.544 e. The first kappa shape index (κ1) is 62.7. The molecular weight excluding hydrogens is 835 g/mol. The minimum atomic E-state index is -1.14. The number of unbranched alkanes of at least 4 members (excludes halogenated alkanes) is 11. The number of carboxylic acid groups (broad SMARTS) is 1. The Morgan fingerprint density at radius 3 is 1.21 bits per heavy atom. The van der Waals surface area contributed by atoms with Crippen molar-refractivity contribution in [1.29, 1.82) is 0 Å². The molecular formula is C59H95NO7. The van der Waals surface area contributed by atoms with Gasteiger partial charge in [-0.3, -0.25) is 9.59 Å². The molecule has 0 bridgehead atoms. The second kappa shape index (κ2) is 48.2. The van der Waals surface area contributed by atoms with E-state index in [-0.39, 0.29) is 49.1 Å². The van der Waals surface area contributed by atoms with Gasteiger partial charge in [0.25, 0.3) is 0 Å². The molecule has 0 aromatic heterocycles. The molecule has 8 nitrogen and oxygen atoms in total. The van der Waals surface area contributed by atoms with Gasteiger partial charge in [-0.05, 0) is 96.3 Å². The fourth-order valence-electron chi connectivity index (χ4n) is 6.90. The number of hydrogen-bond donors (Lipinski definition) is 0. The maximum absolute atomic E-state index is 12.8. The van der Waals surface area contributed by atoms with Crippen molar-refractivity contribution < 1.29 is 38.2 Å². The number of ether oxygens (including phenoxy) is 3. The van der Waals surface area contributed by atoms with E-state index in [1.807, 2.05) is 0 Å². The predicted octanol–water partition coefficient (Wildman–Crippen LogP) is 14.0. The molecule has 0 heterocycles. The molecule has 0 spiro atoms. The molecule has 0 rings (SSSR count). The number of hydrogen-bond acceptors (Lipinski definition) is 7. The molecule has 8 heteroatoms. The molecule has 0 amide bonds. The lowest BCUT2D eigenvalue weighted by Crippen LogP contribution is -2.55. The Bertz CT molecular complexity index is 1500. The average molecular weight is 930 g/mol. The first-order chi connectivity index (χ1) is 32.6. The number of carboxylic acids is 1. The van der Waals surface area contributed by atoms with E-state index in [2.05, 4.69) is 135 Å². The Morgan fingerprint density at radius 2 is 0.806 bits per heavy atom. The summed E-state index contributed by atoms with van der Waals surface area (Å²) in [5.41, 5.74) is 0. The number of rotatable bonds is 45. The Labute approximate surface area is 410 Å². The van der Waals surface area contributed by atoms with Gasteiger partial charge in [0, 0.05) is 19.3 Å². The lowest BCUT2D eigenvalue weighted by molar-refractivity contribution is -0.889. The third-order valence-electron chi connectivity index (χ3n) is 10.8. The first-order valence-corrected chi connectivity index (χ1v) is 26.1. The number of likely N-dealkylation sites (N-methyl/N-ethyl adjacent to an activating group) is 1. The molecule has 2 unspecified atom stereocenters. The van der Waals surface area contributed by atoms with Crippen LogP contribution in [0, 0.1) is 0 Å². The summed E-state index contributed by atoms with van der Waals surface area (Å²) >= 11 is 0. The molecule has 0 aliphatic carbocycles. The SMILES string of the molecule is CC/C=C/C/C=C/C/C=C/C/C=C/C/C=C/C/C=C/CCCC(=O)OCC(COCCC(C(=O)[O-])[N+](C)(C)C)OC(=O)CCCCCCCCCCCC/C=C/C/C=C/C/C=C/C/C=C/CC. The standard InChI is InChI=1S/C59H95NO7/c1-6-8-10-12-14-16-18-20-22-24-26-28-29-30-32-34-36-38-40-42-44-46-48-50-58(62)67-55(53-65-52-51-56(59(63)64)60(3,4)5)54-66-57(61)49-47-45-43-41-39-37-35-33-31-27-25-23-21-19-17-15-13-11-9-7-2/h8-11,14-17,20-23,26-28,31,35,37,41,43,55-56H,6-7,12-13,18-19,24-25,29-30,32-34,36,38-40,42,44-54H2,1-5H3/b10-8+,11-9+,16-14+,17-15+,22-20+,23-21+,28-26+,31-27+,37-35+,43-41+. The van der Waals surface area contributed by atoms with Gasteiger partial charge in [0.2, 0.25) is 0 Å². The van der Waals surface area contributed by atoms with Crippen molar-refractivity contribution in [3.8, 4) is 0 Å². The molecule has 0 aliphatic heterocycles. The Hall–Kier alpha value is -4.27. The fourth-order valence-corrected chi connectivity index (χ4v) is 6.90. The number of quaternary nitrogens is 1. The lowest BCUT2D eigenvalue weighted by Gasteiger charge is -2.34. The molecule has 378 valence electrons. The Kier molecular flexibility index (Phi) is 45.1. The first-order valence-electron chi connectivity index (χ1n) is 26.1. The number of carbonyl (C=O) groups excluding carboxylic acids is 3. The minimum absolute atomic E-state index is 0.0128. The highest BCUT2D eigenvalue weighted by Crippen LogP contribution is 2.14. The highest BCUT2D eigenvalue weighted by molar-refractivity contribution is 5.70. The predicted molar refractivity (Wildman–Crippen MR) is 281 cm³/mol. The molecule has 0 N–H and O–H groups in total. The van der Waals surface area contributed by atoms with E-state index < -0.39 is 18.1 Å². The van der Waals surface area contributed by atoms with Crippen LogP contribution in [0.15, 0.2) is 122 Å². The Balaban J connectivity index is 4.35. The fraction of sp³-hybridized carbons (Fsp3) is 0.610. The van der Waals surface area contributed by atoms with Crippen LogP contribution in [-0.2, 0) is 28.6 Å². The van der Waals surface area contributed by atoms with Gasteiger partial charge in [-0.15, -0.1) is 0 Å². The summed E-state index contributed by atoms with van der Waals surface area (Å²) in [7, 11) is 5.39. The number of esters is 2. The van der Waals surface area contributed by atoms with Crippen molar-refractivity contribution in [2.24, 2.45) is 0 Å². The van der Waals surface area contributed by atoms with E-state index in [0.717, 1.165) is 96.3 Å². The van der Waals surface area contributed by atoms with Gasteiger partial charge in [-0.2, -0.15) is 0 Å². The van der Waals surface area contributed by atoms with Crippen molar-refractivity contribution in [2.75, 3.05) is 41.0 Å². The summed E-state index contributed by atoms with van der Waals surface area (Å²) in [4.78, 5) is 37.1. The number of aliphatic carboxylic acids is 1. The highest BCUT2D eigenvalue weighted by Gasteiger charge is 2.25. The van der Waals surface area contributed by atoms with Gasteiger partial charge < -0.3 is 28.6 Å². The average Bonchev–Trinajstić information content (AvgIpc) is 3.29. The van der Waals surface area contributed by atoms with Gasteiger partial charge in [0.15, 0.2) is 6.10 Å². The maximum Gasteiger partial charge on any atom is 0.306 e. The molecule has 2 atom stereocenters. The van der Waals surface area contributed by atoms with Crippen molar-refractivity contribution in [2.45, 2.75) is 193 Å². The number of carbonyl (C=O) groups is 3. The summed E-state index contributed by atoms with van der Waals surface area (Å²) in [6, 6.07) is -0.743. The molecule has 0 aromatic carbocycles. The van der Waals surface area contributed by atoms with Crippen LogP contribution in [0.25, 0.3) is 0 Å². The van der Waals surface area contributed by atoms with E-state index >= 15 is 0 Å². The third-order valence-corrected chi connectivity index (χ3v) is 10.8. The third kappa shape index (κ3) is 46.6. The van der Waals surface area contributed by atoms with Crippen LogP contribution in [0.3, 0.4) is 0 Å². The molecule has 0 radical (unpaired) electrons. The summed E-state index contributed by atoms with van der Waals surface area (Å²) < 4.78 is 17.2. The van der Waals surface area contributed by atoms with E-state index in [0.29, 0.717) is 12.8 Å². The van der Waals surface area contributed by atoms with Crippen LogP contribution >= 0.6 is 0 Å². The summed E-state index contributed by atoms with van der Waals surface area (Å²) in [5, 5.41) is 11.7. The van der Waals surface area contributed by atoms with Crippen LogP contribution in [0.2, 0.25) is 0 Å². The zero-order valence-electron chi connectivity index (χ0n) is 43.0. The van der Waals surface area contributed by atoms with Crippen LogP contribution in [0.1, 0.15) is 181 Å². The van der Waals surface area contributed by atoms with E-state index in [1.165, 1.54) is 44.9 Å². The zero-order valence-corrected chi connectivity index (χ0v) is 43.0. The topological polar surface area (TPSA) is 102 Å². The van der Waals surface area contributed by atoms with Gasteiger partial charge in [-0.25, -0.2) is 0 Å². The smallest absolute Gasteiger partial charge is 0.306 e. The molecule has 0 fully saturated rings. The number of nitrogens with zero attached hydrogens (tertiary/aromatic N) is 1. The van der Waals surface area contributed by atoms with E-state index in [1.54, 1.807) is 21.1 Å². The molecule has 0 aliphatic rings. The number of allylic oxidation sites excluding steroid dienone is 20. The molecule has 67 heavy (non-hydrogen) atoms.